The summed E-state index contributed by atoms with van der Waals surface area (Å²) in [5.41, 5.74) is 0.976. The van der Waals surface area contributed by atoms with Gasteiger partial charge in [0, 0.05) is 31.0 Å². The fourth-order valence-electron chi connectivity index (χ4n) is 2.02. The third-order valence-corrected chi connectivity index (χ3v) is 3.77. The minimum Gasteiger partial charge on any atom is -0.341 e. The molecule has 2 atom stereocenters. The van der Waals surface area contributed by atoms with Crippen LogP contribution in [0.1, 0.15) is 25.8 Å². The quantitative estimate of drug-likeness (QED) is 0.744. The summed E-state index contributed by atoms with van der Waals surface area (Å²) < 4.78 is 0. The van der Waals surface area contributed by atoms with Gasteiger partial charge in [0.2, 0.25) is 5.95 Å². The average Bonchev–Trinajstić information content (AvgIpc) is 2.33. The van der Waals surface area contributed by atoms with Crippen molar-refractivity contribution >= 4 is 17.5 Å². The summed E-state index contributed by atoms with van der Waals surface area (Å²) in [5.74, 6) is 2.84. The van der Waals surface area contributed by atoms with Crippen molar-refractivity contribution in [2.75, 3.05) is 18.0 Å². The molecule has 88 valence electrons. The van der Waals surface area contributed by atoms with Gasteiger partial charge in [-0.15, -0.1) is 11.6 Å². The van der Waals surface area contributed by atoms with Crippen LogP contribution in [0.25, 0.3) is 0 Å². The van der Waals surface area contributed by atoms with Crippen LogP contribution in [0, 0.1) is 11.8 Å². The van der Waals surface area contributed by atoms with Crippen molar-refractivity contribution in [1.82, 2.24) is 9.97 Å². The van der Waals surface area contributed by atoms with E-state index in [-0.39, 0.29) is 0 Å². The lowest BCUT2D eigenvalue weighted by molar-refractivity contribution is 0.321. The van der Waals surface area contributed by atoms with Gasteiger partial charge in [0.1, 0.15) is 0 Å². The number of hydrogen-bond donors (Lipinski definition) is 0. The summed E-state index contributed by atoms with van der Waals surface area (Å²) >= 11 is 5.71. The number of rotatable bonds is 2. The minimum absolute atomic E-state index is 0.480. The molecule has 0 bridgehead atoms. The van der Waals surface area contributed by atoms with Gasteiger partial charge >= 0.3 is 0 Å². The van der Waals surface area contributed by atoms with Crippen LogP contribution in [0.5, 0.6) is 0 Å². The number of halogens is 1. The van der Waals surface area contributed by atoms with Crippen LogP contribution in [0.4, 0.5) is 5.95 Å². The summed E-state index contributed by atoms with van der Waals surface area (Å²) in [4.78, 5) is 11.0. The average molecular weight is 240 g/mol. The zero-order chi connectivity index (χ0) is 11.5. The van der Waals surface area contributed by atoms with Crippen LogP contribution in [-0.4, -0.2) is 23.1 Å². The maximum absolute atomic E-state index is 5.71. The van der Waals surface area contributed by atoms with Crippen molar-refractivity contribution in [2.24, 2.45) is 11.8 Å². The van der Waals surface area contributed by atoms with E-state index >= 15 is 0 Å². The zero-order valence-corrected chi connectivity index (χ0v) is 10.6. The molecule has 16 heavy (non-hydrogen) atoms. The fourth-order valence-corrected chi connectivity index (χ4v) is 2.16. The van der Waals surface area contributed by atoms with Gasteiger partial charge in [0.25, 0.3) is 0 Å². The van der Waals surface area contributed by atoms with Crippen molar-refractivity contribution in [1.29, 1.82) is 0 Å². The molecule has 0 aliphatic carbocycles. The zero-order valence-electron chi connectivity index (χ0n) is 9.86. The van der Waals surface area contributed by atoms with Crippen LogP contribution in [0.2, 0.25) is 0 Å². The normalized spacial score (nSPS) is 25.8. The van der Waals surface area contributed by atoms with E-state index < -0.39 is 0 Å². The van der Waals surface area contributed by atoms with E-state index in [1.165, 1.54) is 6.42 Å². The van der Waals surface area contributed by atoms with E-state index in [0.29, 0.717) is 11.8 Å². The smallest absolute Gasteiger partial charge is 0.225 e. The van der Waals surface area contributed by atoms with Gasteiger partial charge in [-0.3, -0.25) is 0 Å². The molecular weight excluding hydrogens is 222 g/mol. The first-order valence-corrected chi connectivity index (χ1v) is 6.36. The number of anilines is 1. The summed E-state index contributed by atoms with van der Waals surface area (Å²) in [7, 11) is 0. The monoisotopic (exact) mass is 239 g/mol. The van der Waals surface area contributed by atoms with E-state index in [2.05, 4.69) is 28.7 Å². The molecule has 1 saturated heterocycles. The first-order valence-electron chi connectivity index (χ1n) is 5.82. The SMILES string of the molecule is CC1CCN(c2ncc(CCl)cn2)CC1C. The standard InChI is InChI=1S/C12H18ClN3/c1-9-3-4-16(8-10(9)2)12-14-6-11(5-13)7-15-12/h6-7,9-10H,3-5,8H2,1-2H3. The van der Waals surface area contributed by atoms with Crippen molar-refractivity contribution in [3.8, 4) is 0 Å². The number of aromatic nitrogens is 2. The van der Waals surface area contributed by atoms with Gasteiger partial charge in [-0.1, -0.05) is 13.8 Å². The second-order valence-electron chi connectivity index (χ2n) is 4.71. The third kappa shape index (κ3) is 2.46. The Hall–Kier alpha value is -0.830. The molecule has 0 amide bonds. The molecule has 1 aliphatic heterocycles. The molecule has 2 heterocycles. The lowest BCUT2D eigenvalue weighted by Gasteiger charge is -2.35. The molecule has 2 unspecified atom stereocenters. The molecule has 1 aromatic heterocycles. The predicted molar refractivity (Wildman–Crippen MR) is 66.7 cm³/mol. The largest absolute Gasteiger partial charge is 0.341 e. The summed E-state index contributed by atoms with van der Waals surface area (Å²) in [6, 6.07) is 0. The van der Waals surface area contributed by atoms with Gasteiger partial charge in [0.05, 0.1) is 5.88 Å². The van der Waals surface area contributed by atoms with Crippen LogP contribution in [0.15, 0.2) is 12.4 Å². The molecule has 0 aromatic carbocycles. The molecular formula is C12H18ClN3. The number of alkyl halides is 1. The Balaban J connectivity index is 2.06. The molecule has 0 spiro atoms. The van der Waals surface area contributed by atoms with E-state index in [0.717, 1.165) is 30.5 Å². The Kier molecular flexibility index (Phi) is 3.64. The Morgan fingerprint density at radius 2 is 2.00 bits per heavy atom. The van der Waals surface area contributed by atoms with Crippen LogP contribution in [0.3, 0.4) is 0 Å². The Labute approximate surface area is 102 Å². The van der Waals surface area contributed by atoms with Crippen LogP contribution in [-0.2, 0) is 5.88 Å². The number of nitrogens with zero attached hydrogens (tertiary/aromatic N) is 3. The van der Waals surface area contributed by atoms with Gasteiger partial charge in [-0.05, 0) is 18.3 Å². The van der Waals surface area contributed by atoms with Gasteiger partial charge < -0.3 is 4.90 Å². The predicted octanol–water partition coefficient (Wildman–Crippen LogP) is 2.70. The first-order chi connectivity index (χ1) is 7.70. The Morgan fingerprint density at radius 1 is 1.31 bits per heavy atom. The highest BCUT2D eigenvalue weighted by Crippen LogP contribution is 2.24. The highest BCUT2D eigenvalue weighted by atomic mass is 35.5. The van der Waals surface area contributed by atoms with Gasteiger partial charge in [-0.2, -0.15) is 0 Å². The number of piperidine rings is 1. The fraction of sp³-hybridized carbons (Fsp3) is 0.667. The molecule has 0 radical (unpaired) electrons. The molecule has 2 rings (SSSR count). The highest BCUT2D eigenvalue weighted by Gasteiger charge is 2.23. The van der Waals surface area contributed by atoms with E-state index in [9.17, 15) is 0 Å². The molecule has 1 fully saturated rings. The molecule has 1 aromatic rings. The van der Waals surface area contributed by atoms with Crippen LogP contribution >= 0.6 is 11.6 Å². The van der Waals surface area contributed by atoms with Crippen molar-refractivity contribution in [3.05, 3.63) is 18.0 Å². The molecule has 4 heteroatoms. The summed E-state index contributed by atoms with van der Waals surface area (Å²) in [6.07, 6.45) is 4.86. The van der Waals surface area contributed by atoms with Gasteiger partial charge in [-0.25, -0.2) is 9.97 Å². The Morgan fingerprint density at radius 3 is 2.56 bits per heavy atom. The first kappa shape index (κ1) is 11.6. The lowest BCUT2D eigenvalue weighted by atomic mass is 9.89. The molecule has 3 nitrogen and oxygen atoms in total. The van der Waals surface area contributed by atoms with E-state index in [1.807, 2.05) is 12.4 Å². The maximum atomic E-state index is 5.71. The van der Waals surface area contributed by atoms with Gasteiger partial charge in [0.15, 0.2) is 0 Å². The van der Waals surface area contributed by atoms with Crippen LogP contribution < -0.4 is 4.90 Å². The van der Waals surface area contributed by atoms with E-state index in [1.54, 1.807) is 0 Å². The third-order valence-electron chi connectivity index (χ3n) is 3.46. The second-order valence-corrected chi connectivity index (χ2v) is 4.98. The topological polar surface area (TPSA) is 29.0 Å². The van der Waals surface area contributed by atoms with E-state index in [4.69, 9.17) is 11.6 Å². The molecule has 0 N–H and O–H groups in total. The minimum atomic E-state index is 0.480. The second kappa shape index (κ2) is 5.00. The highest BCUT2D eigenvalue weighted by molar-refractivity contribution is 6.17. The number of hydrogen-bond acceptors (Lipinski definition) is 3. The van der Waals surface area contributed by atoms with Crippen molar-refractivity contribution in [2.45, 2.75) is 26.1 Å². The lowest BCUT2D eigenvalue weighted by Crippen LogP contribution is -2.39. The van der Waals surface area contributed by atoms with Crippen molar-refractivity contribution in [3.63, 3.8) is 0 Å². The summed E-state index contributed by atoms with van der Waals surface area (Å²) in [5, 5.41) is 0. The van der Waals surface area contributed by atoms with Crippen molar-refractivity contribution < 1.29 is 0 Å². The molecule has 0 saturated carbocycles. The molecule has 1 aliphatic rings. The maximum Gasteiger partial charge on any atom is 0.225 e. The summed E-state index contributed by atoms with van der Waals surface area (Å²) in [6.45, 7) is 6.73. The Bertz CT molecular complexity index is 339.